The van der Waals surface area contributed by atoms with Crippen LogP contribution in [-0.4, -0.2) is 40.0 Å². The van der Waals surface area contributed by atoms with E-state index in [1.807, 2.05) is 27.7 Å². The topological polar surface area (TPSA) is 120 Å². The monoisotopic (exact) mass is 464 g/mol. The molecule has 0 aromatic carbocycles. The average molecular weight is 465 g/mol. The maximum absolute atomic E-state index is 12.3. The van der Waals surface area contributed by atoms with E-state index in [1.54, 1.807) is 23.2 Å². The zero-order valence-electron chi connectivity index (χ0n) is 17.8. The molecule has 13 heteroatoms. The van der Waals surface area contributed by atoms with Gasteiger partial charge in [-0.1, -0.05) is 27.7 Å². The van der Waals surface area contributed by atoms with Gasteiger partial charge in [-0.3, -0.25) is 8.96 Å². The summed E-state index contributed by atoms with van der Waals surface area (Å²) in [7, 11) is -4.41. The number of nitrogens with one attached hydrogen (secondary N) is 1. The molecule has 0 atom stereocenters. The Morgan fingerprint density at radius 2 is 1.97 bits per heavy atom. The van der Waals surface area contributed by atoms with Crippen molar-refractivity contribution in [1.82, 2.24) is 23.6 Å². The molecule has 1 N–H and O–H groups in total. The zero-order valence-corrected chi connectivity index (χ0v) is 19.5. The number of carbonyl (C=O) groups excluding carboxylic acids is 1. The number of rotatable bonds is 6. The summed E-state index contributed by atoms with van der Waals surface area (Å²) in [4.78, 5) is 24.5. The molecule has 0 saturated heterocycles. The van der Waals surface area contributed by atoms with Gasteiger partial charge in [-0.05, 0) is 26.2 Å². The van der Waals surface area contributed by atoms with Gasteiger partial charge < -0.3 is 4.57 Å². The molecule has 1 fully saturated rings. The fraction of sp³-hybridized carbons (Fsp3) is 0.647. The molecule has 1 saturated carbocycles. The van der Waals surface area contributed by atoms with E-state index >= 15 is 0 Å². The van der Waals surface area contributed by atoms with Crippen LogP contribution in [0.15, 0.2) is 20.8 Å². The second-order valence-corrected chi connectivity index (χ2v) is 7.95. The number of thiazole rings is 1. The molecule has 2 aromatic rings. The van der Waals surface area contributed by atoms with Gasteiger partial charge in [-0.2, -0.15) is 8.42 Å². The second-order valence-electron chi connectivity index (χ2n) is 5.74. The average Bonchev–Trinajstić information content (AvgIpc) is 3.38. The van der Waals surface area contributed by atoms with Crippen molar-refractivity contribution in [2.45, 2.75) is 66.5 Å². The summed E-state index contributed by atoms with van der Waals surface area (Å²) < 4.78 is 45.1. The second kappa shape index (κ2) is 11.8. The van der Waals surface area contributed by atoms with Crippen LogP contribution in [0.25, 0.3) is 0 Å². The van der Waals surface area contributed by atoms with Gasteiger partial charge in [0.25, 0.3) is 0 Å². The van der Waals surface area contributed by atoms with Crippen molar-refractivity contribution >= 4 is 27.6 Å². The summed E-state index contributed by atoms with van der Waals surface area (Å²) in [5.74, 6) is 0.337. The normalized spacial score (nSPS) is 13.7. The van der Waals surface area contributed by atoms with Gasteiger partial charge in [-0.15, -0.1) is 25.5 Å². The first-order chi connectivity index (χ1) is 14.3. The Labute approximate surface area is 179 Å². The highest BCUT2D eigenvalue weighted by atomic mass is 32.2. The minimum atomic E-state index is -4.41. The van der Waals surface area contributed by atoms with E-state index in [0.29, 0.717) is 10.5 Å². The molecule has 2 aromatic heterocycles. The lowest BCUT2D eigenvalue weighted by atomic mass is 10.5. The summed E-state index contributed by atoms with van der Waals surface area (Å²) in [6, 6.07) is -1.20. The van der Waals surface area contributed by atoms with E-state index in [4.69, 9.17) is 0 Å². The number of alkyl halides is 1. The summed E-state index contributed by atoms with van der Waals surface area (Å²) in [5.41, 5.74) is -0.688. The first-order valence-corrected chi connectivity index (χ1v) is 12.2. The number of hydrogen-bond acceptors (Lipinski definition) is 6. The minimum Gasteiger partial charge on any atom is -0.323 e. The third-order valence-electron chi connectivity index (χ3n) is 3.69. The number of aromatic nitrogens is 4. The Morgan fingerprint density at radius 1 is 1.33 bits per heavy atom. The molecule has 1 amide bonds. The SMILES string of the molecule is CC.CC.Cc1nn(C(=O)NS(=O)(=O)/N=c2\sccn2CCCF)c(=O)n1C1CC1. The molecule has 1 aliphatic carbocycles. The molecule has 0 spiro atoms. The van der Waals surface area contributed by atoms with Crippen molar-refractivity contribution in [2.24, 2.45) is 4.40 Å². The van der Waals surface area contributed by atoms with Gasteiger partial charge in [0, 0.05) is 24.2 Å². The first kappa shape index (κ1) is 25.8. The van der Waals surface area contributed by atoms with Crippen LogP contribution < -0.4 is 15.2 Å². The highest BCUT2D eigenvalue weighted by Crippen LogP contribution is 2.33. The van der Waals surface area contributed by atoms with Gasteiger partial charge in [0.1, 0.15) is 5.82 Å². The molecular weight excluding hydrogens is 435 g/mol. The van der Waals surface area contributed by atoms with Crippen molar-refractivity contribution in [3.05, 3.63) is 32.7 Å². The van der Waals surface area contributed by atoms with Gasteiger partial charge in [0.2, 0.25) is 4.80 Å². The Kier molecular flexibility index (Phi) is 10.1. The number of hydrogen-bond donors (Lipinski definition) is 1. The maximum atomic E-state index is 12.3. The van der Waals surface area contributed by atoms with Crippen LogP contribution in [0.4, 0.5) is 9.18 Å². The molecule has 170 valence electrons. The lowest BCUT2D eigenvalue weighted by Gasteiger charge is -2.02. The lowest BCUT2D eigenvalue weighted by molar-refractivity contribution is 0.243. The van der Waals surface area contributed by atoms with Gasteiger partial charge in [-0.25, -0.2) is 14.3 Å². The number of nitrogens with zero attached hydrogens (tertiary/aromatic N) is 5. The quantitative estimate of drug-likeness (QED) is 0.704. The molecule has 30 heavy (non-hydrogen) atoms. The Bertz CT molecular complexity index is 1050. The Hall–Kier alpha value is -2.28. The lowest BCUT2D eigenvalue weighted by Crippen LogP contribution is -2.40. The van der Waals surface area contributed by atoms with Crippen LogP contribution in [0.2, 0.25) is 0 Å². The summed E-state index contributed by atoms with van der Waals surface area (Å²) in [6.07, 6.45) is 3.42. The highest BCUT2D eigenvalue weighted by Gasteiger charge is 2.30. The van der Waals surface area contributed by atoms with Gasteiger partial charge in [0.05, 0.1) is 6.67 Å². The van der Waals surface area contributed by atoms with Gasteiger partial charge in [0.15, 0.2) is 0 Å². The molecular formula is C17H29FN6O4S2. The highest BCUT2D eigenvalue weighted by molar-refractivity contribution is 7.88. The van der Waals surface area contributed by atoms with Crippen LogP contribution in [0.3, 0.4) is 0 Å². The third-order valence-corrected chi connectivity index (χ3v) is 5.45. The van der Waals surface area contributed by atoms with Crippen molar-refractivity contribution in [2.75, 3.05) is 6.67 Å². The van der Waals surface area contributed by atoms with Crippen molar-refractivity contribution in [3.8, 4) is 0 Å². The minimum absolute atomic E-state index is 0.00549. The van der Waals surface area contributed by atoms with Crippen LogP contribution in [0.1, 0.15) is 58.8 Å². The van der Waals surface area contributed by atoms with Crippen molar-refractivity contribution in [3.63, 3.8) is 0 Å². The van der Waals surface area contributed by atoms with Crippen LogP contribution in [-0.2, 0) is 16.8 Å². The maximum Gasteiger partial charge on any atom is 0.361 e. The van der Waals surface area contributed by atoms with E-state index < -0.39 is 28.6 Å². The van der Waals surface area contributed by atoms with Crippen molar-refractivity contribution in [1.29, 1.82) is 0 Å². The molecule has 0 unspecified atom stereocenters. The number of carbonyl (C=O) groups is 1. The first-order valence-electron chi connectivity index (χ1n) is 9.83. The van der Waals surface area contributed by atoms with Crippen LogP contribution in [0, 0.1) is 6.92 Å². The smallest absolute Gasteiger partial charge is 0.323 e. The molecule has 2 heterocycles. The van der Waals surface area contributed by atoms with E-state index in [0.717, 1.165) is 24.2 Å². The molecule has 10 nitrogen and oxygen atoms in total. The number of amides is 1. The summed E-state index contributed by atoms with van der Waals surface area (Å²) >= 11 is 1.03. The molecule has 3 rings (SSSR count). The van der Waals surface area contributed by atoms with E-state index in [-0.39, 0.29) is 23.8 Å². The summed E-state index contributed by atoms with van der Waals surface area (Å²) in [6.45, 7) is 9.28. The summed E-state index contributed by atoms with van der Waals surface area (Å²) in [5, 5.41) is 5.41. The van der Waals surface area contributed by atoms with Crippen molar-refractivity contribution < 1.29 is 17.6 Å². The molecule has 1 aliphatic rings. The standard InChI is InChI=1S/C13H17FN6O4S2.2C2H6/c1-9-15-20(13(22)19(9)10-3-4-10)11(21)16-26(23,24)17-12-18(6-2-5-14)7-8-25-12;2*1-2/h7-8,10H,2-6H2,1H3,(H,16,21);2*1-2H3/b17-12-;;. The predicted molar refractivity (Wildman–Crippen MR) is 114 cm³/mol. The third kappa shape index (κ3) is 6.62. The van der Waals surface area contributed by atoms with Gasteiger partial charge >= 0.3 is 21.9 Å². The van der Waals surface area contributed by atoms with Crippen LogP contribution in [0.5, 0.6) is 0 Å². The van der Waals surface area contributed by atoms with E-state index in [2.05, 4.69) is 9.50 Å². The predicted octanol–water partition coefficient (Wildman–Crippen LogP) is 2.37. The number of halogens is 1. The molecule has 0 radical (unpaired) electrons. The zero-order chi connectivity index (χ0) is 22.9. The van der Waals surface area contributed by atoms with E-state index in [9.17, 15) is 22.4 Å². The molecule has 0 aliphatic heterocycles. The molecule has 0 bridgehead atoms. The Morgan fingerprint density at radius 3 is 2.53 bits per heavy atom. The fourth-order valence-corrected chi connectivity index (χ4v) is 4.16. The fourth-order valence-electron chi connectivity index (χ4n) is 2.41. The largest absolute Gasteiger partial charge is 0.361 e. The Balaban J connectivity index is 0.00000106. The van der Waals surface area contributed by atoms with Crippen LogP contribution >= 0.6 is 11.3 Å². The number of aryl methyl sites for hydroxylation is 2. The van der Waals surface area contributed by atoms with E-state index in [1.165, 1.54) is 9.13 Å².